The Kier molecular flexibility index (Phi) is 3.35. The van der Waals surface area contributed by atoms with Crippen LogP contribution in [0.4, 0.5) is 0 Å². The normalized spacial score (nSPS) is 28.6. The van der Waals surface area contributed by atoms with Gasteiger partial charge in [0.1, 0.15) is 6.54 Å². The number of carbonyl (C=O) groups is 1. The molecule has 2 unspecified atom stereocenters. The van der Waals surface area contributed by atoms with Gasteiger partial charge in [-0.25, -0.2) is 0 Å². The third kappa shape index (κ3) is 2.25. The minimum Gasteiger partial charge on any atom is -0.396 e. The predicted molar refractivity (Wildman–Crippen MR) is 73.2 cm³/mol. The number of likely N-dealkylation sites (tertiary alicyclic amines) is 1. The Bertz CT molecular complexity index is 551. The molecule has 1 amide bonds. The summed E-state index contributed by atoms with van der Waals surface area (Å²) in [5.74, 6) is 0.376. The molecule has 0 radical (unpaired) electrons. The van der Waals surface area contributed by atoms with Crippen molar-refractivity contribution in [1.82, 2.24) is 14.8 Å². The summed E-state index contributed by atoms with van der Waals surface area (Å²) in [6.07, 6.45) is 3.25. The molecule has 0 aliphatic carbocycles. The molecule has 2 atom stereocenters. The summed E-state index contributed by atoms with van der Waals surface area (Å²) in [5.41, 5.74) is -0.228. The lowest BCUT2D eigenvalue weighted by Crippen LogP contribution is -2.39. The second kappa shape index (κ2) is 5.03. The highest BCUT2D eigenvalue weighted by molar-refractivity contribution is 5.76. The van der Waals surface area contributed by atoms with E-state index in [1.54, 1.807) is 17.0 Å². The third-order valence-electron chi connectivity index (χ3n) is 4.53. The van der Waals surface area contributed by atoms with Crippen molar-refractivity contribution in [2.24, 2.45) is 11.3 Å². The van der Waals surface area contributed by atoms with Gasteiger partial charge in [-0.2, -0.15) is 0 Å². The average Bonchev–Trinajstić information content (AvgIpc) is 2.98. The van der Waals surface area contributed by atoms with Crippen LogP contribution in [0.1, 0.15) is 0 Å². The van der Waals surface area contributed by atoms with Crippen LogP contribution in [0.3, 0.4) is 0 Å². The molecule has 0 spiro atoms. The zero-order valence-corrected chi connectivity index (χ0v) is 11.3. The molecule has 2 aliphatic heterocycles. The molecule has 6 heteroatoms. The van der Waals surface area contributed by atoms with Crippen molar-refractivity contribution in [3.05, 3.63) is 34.7 Å². The van der Waals surface area contributed by atoms with Gasteiger partial charge >= 0.3 is 0 Å². The van der Waals surface area contributed by atoms with Crippen molar-refractivity contribution in [2.45, 2.75) is 6.54 Å². The number of rotatable bonds is 3. The van der Waals surface area contributed by atoms with Gasteiger partial charge in [0.2, 0.25) is 5.91 Å². The first-order valence-electron chi connectivity index (χ1n) is 6.88. The first-order valence-corrected chi connectivity index (χ1v) is 6.88. The standard InChI is InChI=1S/C14H19N3O3/c18-10-14-8-15-5-11(14)6-17(9-14)13(20)7-16-3-1-12(19)2-4-16/h1-4,11,15,18H,5-10H2. The second-order valence-corrected chi connectivity index (χ2v) is 5.83. The fraction of sp³-hybridized carbons (Fsp3) is 0.571. The molecule has 108 valence electrons. The van der Waals surface area contributed by atoms with Gasteiger partial charge in [0, 0.05) is 56.1 Å². The van der Waals surface area contributed by atoms with Crippen molar-refractivity contribution >= 4 is 5.91 Å². The lowest BCUT2D eigenvalue weighted by Gasteiger charge is -2.25. The molecule has 2 aliphatic rings. The Morgan fingerprint density at radius 2 is 2.20 bits per heavy atom. The molecule has 2 saturated heterocycles. The molecule has 3 heterocycles. The first kappa shape index (κ1) is 13.3. The van der Waals surface area contributed by atoms with Gasteiger partial charge in [-0.15, -0.1) is 0 Å². The maximum absolute atomic E-state index is 12.3. The Morgan fingerprint density at radius 3 is 2.85 bits per heavy atom. The molecule has 2 fully saturated rings. The van der Waals surface area contributed by atoms with E-state index < -0.39 is 0 Å². The smallest absolute Gasteiger partial charge is 0.242 e. The van der Waals surface area contributed by atoms with Crippen molar-refractivity contribution in [3.8, 4) is 0 Å². The van der Waals surface area contributed by atoms with Gasteiger partial charge in [-0.1, -0.05) is 0 Å². The number of nitrogens with zero attached hydrogens (tertiary/aromatic N) is 2. The molecule has 6 nitrogen and oxygen atoms in total. The monoisotopic (exact) mass is 277 g/mol. The van der Waals surface area contributed by atoms with E-state index in [9.17, 15) is 14.7 Å². The van der Waals surface area contributed by atoms with E-state index >= 15 is 0 Å². The number of nitrogens with one attached hydrogen (secondary N) is 1. The highest BCUT2D eigenvalue weighted by Crippen LogP contribution is 2.38. The number of pyridine rings is 1. The fourth-order valence-electron chi connectivity index (χ4n) is 3.24. The number of hydrogen-bond donors (Lipinski definition) is 2. The van der Waals surface area contributed by atoms with Crippen molar-refractivity contribution in [3.63, 3.8) is 0 Å². The number of fused-ring (bicyclic) bond motifs is 1. The maximum Gasteiger partial charge on any atom is 0.242 e. The van der Waals surface area contributed by atoms with Gasteiger partial charge in [0.05, 0.1) is 6.61 Å². The Morgan fingerprint density at radius 1 is 1.45 bits per heavy atom. The highest BCUT2D eigenvalue weighted by Gasteiger charge is 2.50. The van der Waals surface area contributed by atoms with Gasteiger partial charge in [0.25, 0.3) is 0 Å². The minimum absolute atomic E-state index is 0.0378. The number of aromatic nitrogens is 1. The summed E-state index contributed by atoms with van der Waals surface area (Å²) in [4.78, 5) is 25.2. The Labute approximate surface area is 117 Å². The summed E-state index contributed by atoms with van der Waals surface area (Å²) in [6, 6.07) is 2.90. The Balaban J connectivity index is 1.67. The van der Waals surface area contributed by atoms with E-state index in [4.69, 9.17) is 0 Å². The molecule has 0 saturated carbocycles. The minimum atomic E-state index is -0.167. The third-order valence-corrected chi connectivity index (χ3v) is 4.53. The van der Waals surface area contributed by atoms with E-state index in [1.165, 1.54) is 12.1 Å². The quantitative estimate of drug-likeness (QED) is 0.734. The van der Waals surface area contributed by atoms with Crippen molar-refractivity contribution < 1.29 is 9.90 Å². The van der Waals surface area contributed by atoms with Crippen LogP contribution in [0.5, 0.6) is 0 Å². The first-order chi connectivity index (χ1) is 9.63. The van der Waals surface area contributed by atoms with Crippen molar-refractivity contribution in [1.29, 1.82) is 0 Å². The van der Waals surface area contributed by atoms with Crippen LogP contribution >= 0.6 is 0 Å². The van der Waals surface area contributed by atoms with E-state index in [2.05, 4.69) is 5.32 Å². The molecule has 0 aromatic carbocycles. The van der Waals surface area contributed by atoms with Crippen LogP contribution < -0.4 is 10.7 Å². The van der Waals surface area contributed by atoms with Crippen LogP contribution in [0, 0.1) is 11.3 Å². The van der Waals surface area contributed by atoms with E-state index in [0.29, 0.717) is 19.0 Å². The highest BCUT2D eigenvalue weighted by atomic mass is 16.3. The van der Waals surface area contributed by atoms with Gasteiger partial charge < -0.3 is 19.9 Å². The SMILES string of the molecule is O=C(Cn1ccc(=O)cc1)N1CC2CNCC2(CO)C1. The molecule has 2 N–H and O–H groups in total. The largest absolute Gasteiger partial charge is 0.396 e. The molecule has 3 rings (SSSR count). The van der Waals surface area contributed by atoms with E-state index in [-0.39, 0.29) is 29.9 Å². The lowest BCUT2D eigenvalue weighted by atomic mass is 9.82. The van der Waals surface area contributed by atoms with E-state index in [1.807, 2.05) is 4.90 Å². The van der Waals surface area contributed by atoms with Gasteiger partial charge in [-0.05, 0) is 5.92 Å². The molecule has 20 heavy (non-hydrogen) atoms. The zero-order valence-electron chi connectivity index (χ0n) is 11.3. The number of aliphatic hydroxyl groups is 1. The number of aliphatic hydroxyl groups excluding tert-OH is 1. The topological polar surface area (TPSA) is 74.6 Å². The summed E-state index contributed by atoms with van der Waals surface area (Å²) >= 11 is 0. The van der Waals surface area contributed by atoms with Crippen LogP contribution in [0.15, 0.2) is 29.3 Å². The summed E-state index contributed by atoms with van der Waals surface area (Å²) in [6.45, 7) is 3.31. The molecular formula is C14H19N3O3. The number of amides is 1. The van der Waals surface area contributed by atoms with Gasteiger partial charge in [0.15, 0.2) is 5.43 Å². The summed E-state index contributed by atoms with van der Waals surface area (Å²) < 4.78 is 1.71. The zero-order chi connectivity index (χ0) is 14.2. The summed E-state index contributed by atoms with van der Waals surface area (Å²) in [5, 5.41) is 12.9. The second-order valence-electron chi connectivity index (χ2n) is 5.83. The number of carbonyl (C=O) groups excluding carboxylic acids is 1. The van der Waals surface area contributed by atoms with Gasteiger partial charge in [-0.3, -0.25) is 9.59 Å². The van der Waals surface area contributed by atoms with Crippen molar-refractivity contribution in [2.75, 3.05) is 32.8 Å². The summed E-state index contributed by atoms with van der Waals surface area (Å²) in [7, 11) is 0. The van der Waals surface area contributed by atoms with Crippen LogP contribution in [-0.2, 0) is 11.3 Å². The number of hydrogen-bond acceptors (Lipinski definition) is 4. The molecule has 1 aromatic rings. The maximum atomic E-state index is 12.3. The fourth-order valence-corrected chi connectivity index (χ4v) is 3.24. The predicted octanol–water partition coefficient (Wildman–Crippen LogP) is -1.11. The molecular weight excluding hydrogens is 258 g/mol. The lowest BCUT2D eigenvalue weighted by molar-refractivity contribution is -0.131. The van der Waals surface area contributed by atoms with Crippen LogP contribution in [0.2, 0.25) is 0 Å². The van der Waals surface area contributed by atoms with Crippen LogP contribution in [-0.4, -0.2) is 53.3 Å². The molecule has 1 aromatic heterocycles. The average molecular weight is 277 g/mol. The Hall–Kier alpha value is -1.66. The van der Waals surface area contributed by atoms with E-state index in [0.717, 1.165) is 13.1 Å². The van der Waals surface area contributed by atoms with Crippen LogP contribution in [0.25, 0.3) is 0 Å². The molecule has 0 bridgehead atoms.